The summed E-state index contributed by atoms with van der Waals surface area (Å²) in [5.41, 5.74) is 4.32. The van der Waals surface area contributed by atoms with Gasteiger partial charge < -0.3 is 9.79 Å². The highest BCUT2D eigenvalue weighted by Crippen LogP contribution is 2.34. The highest BCUT2D eigenvalue weighted by atomic mass is 31.2. The highest BCUT2D eigenvalue weighted by molar-refractivity contribution is 7.60. The van der Waals surface area contributed by atoms with Gasteiger partial charge in [0.2, 0.25) is 5.69 Å². The Morgan fingerprint density at radius 2 is 1.34 bits per heavy atom. The maximum absolute atomic E-state index is 11.8. The minimum Gasteiger partial charge on any atom is -0.321 e. The van der Waals surface area contributed by atoms with Gasteiger partial charge in [-0.1, -0.05) is 36.4 Å². The zero-order valence-corrected chi connectivity index (χ0v) is 19.6. The largest absolute Gasteiger partial charge is 0.356 e. The third-order valence-electron chi connectivity index (χ3n) is 6.01. The number of rotatable bonds is 5. The molecule has 0 saturated carbocycles. The topological polar surface area (TPSA) is 89.1 Å². The number of nitriles is 1. The van der Waals surface area contributed by atoms with Crippen molar-refractivity contribution in [2.24, 2.45) is 0 Å². The van der Waals surface area contributed by atoms with Crippen LogP contribution in [0.15, 0.2) is 110 Å². The van der Waals surface area contributed by atoms with E-state index < -0.39 is 7.60 Å². The summed E-state index contributed by atoms with van der Waals surface area (Å²) in [6, 6.07) is 28.6. The van der Waals surface area contributed by atoms with Crippen molar-refractivity contribution >= 4 is 23.7 Å². The molecule has 35 heavy (non-hydrogen) atoms. The number of pyridine rings is 2. The number of hydrogen-bond acceptors (Lipinski definition) is 2. The Kier molecular flexibility index (Phi) is 5.98. The van der Waals surface area contributed by atoms with Crippen LogP contribution in [0, 0.1) is 11.3 Å². The van der Waals surface area contributed by atoms with Gasteiger partial charge in [0.25, 0.3) is 0 Å². The van der Waals surface area contributed by atoms with Gasteiger partial charge in [0.05, 0.1) is 22.3 Å². The zero-order valence-electron chi connectivity index (χ0n) is 18.7. The molecule has 0 spiro atoms. The van der Waals surface area contributed by atoms with Crippen LogP contribution in [0.5, 0.6) is 0 Å². The first-order chi connectivity index (χ1) is 16.9. The van der Waals surface area contributed by atoms with Gasteiger partial charge in [-0.05, 0) is 29.3 Å². The van der Waals surface area contributed by atoms with Gasteiger partial charge in [0.1, 0.15) is 0 Å². The van der Waals surface area contributed by atoms with Crippen molar-refractivity contribution in [3.63, 3.8) is 0 Å². The molecule has 0 fully saturated rings. The summed E-state index contributed by atoms with van der Waals surface area (Å²) in [6.07, 6.45) is 7.81. The number of fused-ring (bicyclic) bond motifs is 1. The van der Waals surface area contributed by atoms with Gasteiger partial charge in [0, 0.05) is 41.3 Å². The van der Waals surface area contributed by atoms with E-state index in [0.29, 0.717) is 17.7 Å². The van der Waals surface area contributed by atoms with E-state index in [1.807, 2.05) is 94.6 Å². The Morgan fingerprint density at radius 3 is 2.00 bits per heavy atom. The lowest BCUT2D eigenvalue weighted by Gasteiger charge is -2.08. The molecule has 0 aliphatic carbocycles. The van der Waals surface area contributed by atoms with Crippen LogP contribution >= 0.6 is 7.60 Å². The predicted octanol–water partition coefficient (Wildman–Crippen LogP) is 3.79. The van der Waals surface area contributed by atoms with E-state index in [2.05, 4.69) is 6.07 Å². The van der Waals surface area contributed by atoms with Crippen LogP contribution < -0.4 is 14.4 Å². The van der Waals surface area contributed by atoms with Crippen molar-refractivity contribution in [3.05, 3.63) is 121 Å². The van der Waals surface area contributed by atoms with E-state index in [4.69, 9.17) is 0 Å². The van der Waals surface area contributed by atoms with Gasteiger partial charge in [-0.2, -0.15) is 9.83 Å². The maximum Gasteiger partial charge on any atom is 0.356 e. The van der Waals surface area contributed by atoms with E-state index in [0.717, 1.165) is 27.6 Å². The average molecular weight is 479 g/mol. The SMILES string of the molecule is N#Cc1ccc(-[n+]2ccc(-c3cc[n+](Cc4ccccc4P(=O)(O)O)cc3)cc2)c2ccccc12. The van der Waals surface area contributed by atoms with Crippen molar-refractivity contribution in [1.29, 1.82) is 5.26 Å². The lowest BCUT2D eigenvalue weighted by Crippen LogP contribution is -2.35. The summed E-state index contributed by atoms with van der Waals surface area (Å²) in [6.45, 7) is 0.363. The van der Waals surface area contributed by atoms with Crippen LogP contribution in [0.1, 0.15) is 11.1 Å². The summed E-state index contributed by atoms with van der Waals surface area (Å²) < 4.78 is 15.7. The summed E-state index contributed by atoms with van der Waals surface area (Å²) >= 11 is 0. The summed E-state index contributed by atoms with van der Waals surface area (Å²) in [4.78, 5) is 19.2. The Labute approximate surface area is 202 Å². The molecule has 6 nitrogen and oxygen atoms in total. The minimum absolute atomic E-state index is 0.0551. The third kappa shape index (κ3) is 4.62. The zero-order chi connectivity index (χ0) is 24.4. The Morgan fingerprint density at radius 1 is 0.743 bits per heavy atom. The first kappa shape index (κ1) is 22.6. The van der Waals surface area contributed by atoms with Gasteiger partial charge in [-0.3, -0.25) is 4.57 Å². The van der Waals surface area contributed by atoms with Crippen LogP contribution in [0.25, 0.3) is 27.6 Å². The van der Waals surface area contributed by atoms with Crippen LogP contribution in [0.4, 0.5) is 0 Å². The van der Waals surface area contributed by atoms with Crippen molar-refractivity contribution < 1.29 is 23.5 Å². The number of benzene rings is 3. The molecule has 0 radical (unpaired) electrons. The molecule has 2 aromatic heterocycles. The second-order valence-corrected chi connectivity index (χ2v) is 9.79. The smallest absolute Gasteiger partial charge is 0.321 e. The molecule has 5 aromatic rings. The molecule has 5 rings (SSSR count). The van der Waals surface area contributed by atoms with Crippen molar-refractivity contribution in [2.75, 3.05) is 0 Å². The molecule has 0 unspecified atom stereocenters. The van der Waals surface area contributed by atoms with Crippen LogP contribution in [0.3, 0.4) is 0 Å². The molecule has 0 amide bonds. The molecule has 170 valence electrons. The fourth-order valence-electron chi connectivity index (χ4n) is 4.27. The summed E-state index contributed by atoms with van der Waals surface area (Å²) in [7, 11) is -4.33. The fraction of sp³-hybridized carbons (Fsp3) is 0.0357. The van der Waals surface area contributed by atoms with E-state index >= 15 is 0 Å². The molecule has 0 saturated heterocycles. The van der Waals surface area contributed by atoms with E-state index in [9.17, 15) is 19.6 Å². The second kappa shape index (κ2) is 9.25. The first-order valence-corrected chi connectivity index (χ1v) is 12.6. The first-order valence-electron chi connectivity index (χ1n) is 11.0. The quantitative estimate of drug-likeness (QED) is 0.297. The number of hydrogen-bond donors (Lipinski definition) is 2. The van der Waals surface area contributed by atoms with Crippen molar-refractivity contribution in [2.45, 2.75) is 6.54 Å². The Balaban J connectivity index is 1.40. The van der Waals surface area contributed by atoms with Crippen molar-refractivity contribution in [3.8, 4) is 22.9 Å². The summed E-state index contributed by atoms with van der Waals surface area (Å²) in [5.74, 6) is 0. The van der Waals surface area contributed by atoms with Crippen LogP contribution in [0.2, 0.25) is 0 Å². The van der Waals surface area contributed by atoms with Gasteiger partial charge in [0.15, 0.2) is 31.3 Å². The summed E-state index contributed by atoms with van der Waals surface area (Å²) in [5, 5.41) is 11.4. The Hall–Kier alpha value is -4.14. The molecule has 7 heteroatoms. The standard InChI is InChI=1S/C28H20N3O3P/c29-19-23-9-10-27(26-7-3-2-6-25(23)26)31-17-13-22(14-18-31)21-11-15-30(16-12-21)20-24-5-1-4-8-28(24)35(32,33)34/h1-18H,20H2/p+2. The minimum atomic E-state index is -4.33. The lowest BCUT2D eigenvalue weighted by molar-refractivity contribution is -0.688. The van der Waals surface area contributed by atoms with Gasteiger partial charge in [-0.25, -0.2) is 4.57 Å². The molecular formula is C28H22N3O3P+2. The van der Waals surface area contributed by atoms with Gasteiger partial charge in [-0.15, -0.1) is 0 Å². The third-order valence-corrected chi connectivity index (χ3v) is 7.08. The molecule has 3 aromatic carbocycles. The molecule has 0 bridgehead atoms. The van der Waals surface area contributed by atoms with Crippen LogP contribution in [-0.4, -0.2) is 9.79 Å². The Bertz CT molecular complexity index is 1620. The van der Waals surface area contributed by atoms with Crippen LogP contribution in [-0.2, 0) is 11.1 Å². The number of aromatic nitrogens is 2. The second-order valence-electron chi connectivity index (χ2n) is 8.22. The van der Waals surface area contributed by atoms with E-state index in [-0.39, 0.29) is 5.30 Å². The van der Waals surface area contributed by atoms with Gasteiger partial charge >= 0.3 is 7.60 Å². The molecule has 0 atom stereocenters. The fourth-order valence-corrected chi connectivity index (χ4v) is 5.07. The maximum atomic E-state index is 11.8. The molecule has 0 aliphatic rings. The molecular weight excluding hydrogens is 457 g/mol. The highest BCUT2D eigenvalue weighted by Gasteiger charge is 2.22. The molecule has 2 N–H and O–H groups in total. The molecule has 2 heterocycles. The predicted molar refractivity (Wildman–Crippen MR) is 133 cm³/mol. The number of nitrogens with zero attached hydrogens (tertiary/aromatic N) is 3. The lowest BCUT2D eigenvalue weighted by atomic mass is 10.0. The van der Waals surface area contributed by atoms with E-state index in [1.54, 1.807) is 18.2 Å². The average Bonchev–Trinajstić information content (AvgIpc) is 2.88. The normalized spacial score (nSPS) is 11.3. The monoisotopic (exact) mass is 479 g/mol. The molecule has 0 aliphatic heterocycles. The van der Waals surface area contributed by atoms with Crippen molar-refractivity contribution in [1.82, 2.24) is 0 Å². The van der Waals surface area contributed by atoms with E-state index in [1.165, 1.54) is 6.07 Å².